The number of nitriles is 1. The molecule has 4 N–H and O–H groups in total. The molecule has 0 spiro atoms. The first-order valence-corrected chi connectivity index (χ1v) is 11.1. The Morgan fingerprint density at radius 1 is 1.09 bits per heavy atom. The number of hydrogen-bond donors (Lipinski definition) is 3. The van der Waals surface area contributed by atoms with E-state index in [0.717, 1.165) is 55.9 Å². The number of piperidine rings is 1. The van der Waals surface area contributed by atoms with Crippen molar-refractivity contribution in [1.29, 1.82) is 5.26 Å². The third-order valence-electron chi connectivity index (χ3n) is 3.96. The second-order valence-electron chi connectivity index (χ2n) is 5.86. The molecule has 0 amide bonds. The van der Waals surface area contributed by atoms with Gasteiger partial charge < -0.3 is 25.8 Å². The van der Waals surface area contributed by atoms with E-state index in [1.54, 1.807) is 6.07 Å². The predicted molar refractivity (Wildman–Crippen MR) is 134 cm³/mol. The molecule has 0 bridgehead atoms. The molecule has 3 heterocycles. The predicted octanol–water partition coefficient (Wildman–Crippen LogP) is 1.61. The van der Waals surface area contributed by atoms with E-state index in [9.17, 15) is 14.4 Å². The number of carbonyl (C=O) groups is 3. The number of nitrogens with one attached hydrogen (secondary N) is 2. The highest BCUT2D eigenvalue weighted by Gasteiger charge is 2.24. The Hall–Kier alpha value is -1.46. The lowest BCUT2D eigenvalue weighted by Gasteiger charge is -2.13. The summed E-state index contributed by atoms with van der Waals surface area (Å²) in [6, 6.07) is 1.64. The Balaban J connectivity index is -0.000000402. The van der Waals surface area contributed by atoms with Crippen LogP contribution in [0.3, 0.4) is 0 Å². The lowest BCUT2D eigenvalue weighted by atomic mass is 10.0. The number of methoxy groups -OCH3 is 2. The molecule has 9 nitrogen and oxygen atoms in total. The molecule has 2 aliphatic heterocycles. The maximum absolute atomic E-state index is 11.5. The molecule has 0 aliphatic carbocycles. The van der Waals surface area contributed by atoms with E-state index in [1.807, 2.05) is 0 Å². The molecule has 0 saturated carbocycles. The van der Waals surface area contributed by atoms with Crippen LogP contribution in [0.2, 0.25) is 0 Å². The average molecular weight is 548 g/mol. The normalized spacial score (nSPS) is 13.1. The van der Waals surface area contributed by atoms with Gasteiger partial charge in [-0.15, -0.1) is 36.2 Å². The van der Waals surface area contributed by atoms with Crippen LogP contribution in [0, 0.1) is 11.3 Å². The number of nitrogens with two attached hydrogens (primary N) is 1. The minimum Gasteiger partial charge on any atom is -0.468 e. The standard InChI is InChI=1S/C9H12N2O2S.C5H9NO.C4H5NO2.2ClH.S2/c1-13-9(12)7-5-2-3-11-4-6(5)14-8(7)10;7-5-1-3-6-4-2-5;1-7-4(6)2-3-5;;;1-2/h11H,2-4,10H2,1H3;6H,1-4H2;2H2,1H3;2*1H;. The van der Waals surface area contributed by atoms with Crippen molar-refractivity contribution in [3.63, 3.8) is 0 Å². The number of carbonyl (C=O) groups excluding carboxylic acids is 3. The van der Waals surface area contributed by atoms with Gasteiger partial charge in [0.25, 0.3) is 0 Å². The van der Waals surface area contributed by atoms with E-state index in [-0.39, 0.29) is 37.2 Å². The fourth-order valence-electron chi connectivity index (χ4n) is 2.52. The van der Waals surface area contributed by atoms with Crippen molar-refractivity contribution < 1.29 is 23.9 Å². The van der Waals surface area contributed by atoms with Gasteiger partial charge in [-0.1, -0.05) is 0 Å². The average Bonchev–Trinajstić information content (AvgIpc) is 3.12. The number of esters is 2. The summed E-state index contributed by atoms with van der Waals surface area (Å²) in [4.78, 5) is 33.0. The molecule has 1 fully saturated rings. The Kier molecular flexibility index (Phi) is 23.5. The van der Waals surface area contributed by atoms with Crippen molar-refractivity contribution in [2.75, 3.05) is 39.6 Å². The van der Waals surface area contributed by atoms with Crippen LogP contribution >= 0.6 is 36.2 Å². The number of anilines is 1. The number of ether oxygens (including phenoxy) is 2. The van der Waals surface area contributed by atoms with Crippen LogP contribution in [0.15, 0.2) is 0 Å². The molecule has 182 valence electrons. The van der Waals surface area contributed by atoms with Crippen LogP contribution in [0.1, 0.15) is 40.1 Å². The zero-order valence-corrected chi connectivity index (χ0v) is 21.8. The molecule has 0 aromatic carbocycles. The van der Waals surface area contributed by atoms with Gasteiger partial charge in [-0.2, -0.15) is 5.26 Å². The summed E-state index contributed by atoms with van der Waals surface area (Å²) in [5.74, 6) is -0.400. The van der Waals surface area contributed by atoms with E-state index in [1.165, 1.54) is 25.6 Å². The third kappa shape index (κ3) is 13.2. The number of fused-ring (bicyclic) bond motifs is 1. The van der Waals surface area contributed by atoms with E-state index < -0.39 is 5.97 Å². The van der Waals surface area contributed by atoms with Gasteiger partial charge in [0.2, 0.25) is 0 Å². The van der Waals surface area contributed by atoms with Crippen molar-refractivity contribution >= 4 is 81.2 Å². The van der Waals surface area contributed by atoms with Crippen molar-refractivity contribution in [2.24, 2.45) is 0 Å². The summed E-state index contributed by atoms with van der Waals surface area (Å²) in [6.45, 7) is 3.48. The van der Waals surface area contributed by atoms with E-state index >= 15 is 0 Å². The van der Waals surface area contributed by atoms with Crippen LogP contribution in [0.25, 0.3) is 0 Å². The van der Waals surface area contributed by atoms with Crippen molar-refractivity contribution in [3.05, 3.63) is 16.0 Å². The summed E-state index contributed by atoms with van der Waals surface area (Å²) in [7, 11) is 2.63. The molecule has 0 radical (unpaired) electrons. The first-order valence-electron chi connectivity index (χ1n) is 8.96. The second-order valence-corrected chi connectivity index (χ2v) is 7.00. The fraction of sp³-hybridized carbons (Fsp3) is 0.556. The van der Waals surface area contributed by atoms with Gasteiger partial charge in [-0.05, 0) is 18.5 Å². The minimum absolute atomic E-state index is 0. The molecule has 14 heteroatoms. The number of halogens is 2. The largest absolute Gasteiger partial charge is 0.468 e. The number of Topliss-reactive ketones (excluding diaryl/α,β-unsaturated/α-hetero) is 1. The Morgan fingerprint density at radius 3 is 2.06 bits per heavy atom. The Bertz CT molecular complexity index is 752. The zero-order chi connectivity index (χ0) is 22.9. The summed E-state index contributed by atoms with van der Waals surface area (Å²) in [5.41, 5.74) is 7.43. The zero-order valence-electron chi connectivity index (χ0n) is 17.8. The van der Waals surface area contributed by atoms with Crippen LogP contribution in [-0.4, -0.2) is 51.6 Å². The number of rotatable bonds is 2. The molecule has 0 unspecified atom stereocenters. The molecule has 2 aliphatic rings. The molecule has 32 heavy (non-hydrogen) atoms. The SMILES string of the molecule is COC(=O)CC#N.COC(=O)c1c(N)sc2c1CCNC2.Cl.Cl.O=C1CCNCC1.S=S. The van der Waals surface area contributed by atoms with Gasteiger partial charge >= 0.3 is 11.9 Å². The topological polar surface area (TPSA) is 144 Å². The summed E-state index contributed by atoms with van der Waals surface area (Å²) in [6.07, 6.45) is 2.17. The van der Waals surface area contributed by atoms with E-state index in [2.05, 4.69) is 37.7 Å². The van der Waals surface area contributed by atoms with Crippen molar-refractivity contribution in [2.45, 2.75) is 32.2 Å². The highest BCUT2D eigenvalue weighted by atomic mass is 35.5. The van der Waals surface area contributed by atoms with Gasteiger partial charge in [0.1, 0.15) is 17.2 Å². The van der Waals surface area contributed by atoms with Gasteiger partial charge in [0, 0.05) is 59.7 Å². The highest BCUT2D eigenvalue weighted by molar-refractivity contribution is 8.07. The molecule has 1 saturated heterocycles. The highest BCUT2D eigenvalue weighted by Crippen LogP contribution is 2.33. The number of hydrogen-bond acceptors (Lipinski definition) is 12. The lowest BCUT2D eigenvalue weighted by molar-refractivity contribution is -0.139. The molecule has 1 aromatic heterocycles. The van der Waals surface area contributed by atoms with Gasteiger partial charge in [-0.25, -0.2) is 4.79 Å². The van der Waals surface area contributed by atoms with Gasteiger partial charge in [0.15, 0.2) is 0 Å². The number of nitrogen functional groups attached to an aromatic ring is 1. The molecule has 1 aromatic rings. The molecular weight excluding hydrogens is 519 g/mol. The number of nitrogens with zero attached hydrogens (tertiary/aromatic N) is 1. The fourth-order valence-corrected chi connectivity index (χ4v) is 3.60. The Morgan fingerprint density at radius 2 is 1.66 bits per heavy atom. The maximum atomic E-state index is 11.5. The van der Waals surface area contributed by atoms with Gasteiger partial charge in [0.05, 0.1) is 25.9 Å². The number of thiophene rings is 1. The van der Waals surface area contributed by atoms with Crippen LogP contribution in [0.5, 0.6) is 0 Å². The molecule has 3 rings (SSSR count). The second kappa shape index (κ2) is 21.4. The van der Waals surface area contributed by atoms with Crippen molar-refractivity contribution in [1.82, 2.24) is 10.6 Å². The van der Waals surface area contributed by atoms with Gasteiger partial charge in [-0.3, -0.25) is 9.59 Å². The lowest BCUT2D eigenvalue weighted by Crippen LogP contribution is -2.27. The quantitative estimate of drug-likeness (QED) is 0.465. The molecule has 0 atom stereocenters. The van der Waals surface area contributed by atoms with Crippen LogP contribution < -0.4 is 16.4 Å². The minimum atomic E-state index is -0.484. The summed E-state index contributed by atoms with van der Waals surface area (Å²) >= 11 is 8.81. The maximum Gasteiger partial charge on any atom is 0.341 e. The van der Waals surface area contributed by atoms with Crippen LogP contribution in [-0.2, 0) is 54.4 Å². The Labute approximate surface area is 214 Å². The summed E-state index contributed by atoms with van der Waals surface area (Å²) < 4.78 is 8.84. The first-order chi connectivity index (χ1) is 14.4. The van der Waals surface area contributed by atoms with E-state index in [4.69, 9.17) is 15.7 Å². The van der Waals surface area contributed by atoms with Crippen LogP contribution in [0.4, 0.5) is 5.00 Å². The molecular formula is C18H28Cl2N4O5S3. The first kappa shape index (κ1) is 35.1. The van der Waals surface area contributed by atoms with Crippen molar-refractivity contribution in [3.8, 4) is 6.07 Å². The smallest absolute Gasteiger partial charge is 0.341 e. The monoisotopic (exact) mass is 546 g/mol. The summed E-state index contributed by atoms with van der Waals surface area (Å²) in [5, 5.41) is 14.7. The third-order valence-corrected chi connectivity index (χ3v) is 5.02. The van der Waals surface area contributed by atoms with E-state index in [0.29, 0.717) is 16.3 Å². The number of ketones is 1.